The van der Waals surface area contributed by atoms with Gasteiger partial charge in [0.2, 0.25) is 0 Å². The predicted octanol–water partition coefficient (Wildman–Crippen LogP) is 2.51. The van der Waals surface area contributed by atoms with Crippen LogP contribution in [0.2, 0.25) is 0 Å². The second kappa shape index (κ2) is 5.58. The van der Waals surface area contributed by atoms with E-state index in [1.54, 1.807) is 9.58 Å². The number of hydrogen-bond acceptors (Lipinski definition) is 4. The number of hydrogen-bond donors (Lipinski definition) is 0. The third-order valence-electron chi connectivity index (χ3n) is 3.43. The average Bonchev–Trinajstić information content (AvgIpc) is 2.80. The quantitative estimate of drug-likeness (QED) is 0.841. The van der Waals surface area contributed by atoms with Gasteiger partial charge < -0.3 is 14.4 Å². The number of nitrogens with zero attached hydrogens (tertiary/aromatic N) is 3. The van der Waals surface area contributed by atoms with Crippen LogP contribution in [0.4, 0.5) is 4.79 Å². The van der Waals surface area contributed by atoms with Crippen LogP contribution in [0.25, 0.3) is 0 Å². The highest BCUT2D eigenvalue weighted by Gasteiger charge is 2.36. The molecule has 1 aliphatic rings. The van der Waals surface area contributed by atoms with Crippen LogP contribution in [0.15, 0.2) is 6.20 Å². The summed E-state index contributed by atoms with van der Waals surface area (Å²) in [5.41, 5.74) is 0.385. The van der Waals surface area contributed by atoms with Gasteiger partial charge in [-0.15, -0.1) is 0 Å². The van der Waals surface area contributed by atoms with Crippen molar-refractivity contribution in [2.75, 3.05) is 6.54 Å². The van der Waals surface area contributed by atoms with Crippen LogP contribution in [0.5, 0.6) is 5.75 Å². The Kier molecular flexibility index (Phi) is 4.16. The Balaban J connectivity index is 1.98. The van der Waals surface area contributed by atoms with Crippen LogP contribution >= 0.6 is 0 Å². The van der Waals surface area contributed by atoms with Crippen molar-refractivity contribution in [3.05, 3.63) is 11.9 Å². The summed E-state index contributed by atoms with van der Waals surface area (Å²) in [5.74, 6) is 0.778. The normalized spacial score (nSPS) is 22.5. The Bertz CT molecular complexity index is 519. The van der Waals surface area contributed by atoms with E-state index in [1.807, 2.05) is 47.9 Å². The van der Waals surface area contributed by atoms with Crippen LogP contribution < -0.4 is 4.74 Å². The second-order valence-electron chi connectivity index (χ2n) is 6.71. The molecule has 6 nitrogen and oxygen atoms in total. The molecule has 0 bridgehead atoms. The molecule has 118 valence electrons. The van der Waals surface area contributed by atoms with E-state index < -0.39 is 5.60 Å². The van der Waals surface area contributed by atoms with E-state index in [2.05, 4.69) is 5.10 Å². The van der Waals surface area contributed by atoms with Crippen molar-refractivity contribution in [2.45, 2.75) is 58.8 Å². The fourth-order valence-corrected chi connectivity index (χ4v) is 2.52. The van der Waals surface area contributed by atoms with Gasteiger partial charge in [0.25, 0.3) is 0 Å². The first-order valence-corrected chi connectivity index (χ1v) is 7.32. The van der Waals surface area contributed by atoms with Gasteiger partial charge in [-0.25, -0.2) is 4.79 Å². The van der Waals surface area contributed by atoms with Gasteiger partial charge in [0.05, 0.1) is 12.7 Å². The van der Waals surface area contributed by atoms with Crippen molar-refractivity contribution >= 4 is 6.09 Å². The molecule has 0 spiro atoms. The van der Waals surface area contributed by atoms with Crippen molar-refractivity contribution in [1.29, 1.82) is 0 Å². The Morgan fingerprint density at radius 3 is 2.62 bits per heavy atom. The van der Waals surface area contributed by atoms with Gasteiger partial charge in [-0.3, -0.25) is 4.68 Å². The lowest BCUT2D eigenvalue weighted by Gasteiger charge is -2.26. The summed E-state index contributed by atoms with van der Waals surface area (Å²) in [4.78, 5) is 13.9. The van der Waals surface area contributed by atoms with E-state index >= 15 is 0 Å². The van der Waals surface area contributed by atoms with E-state index in [0.29, 0.717) is 6.54 Å². The maximum absolute atomic E-state index is 12.2. The van der Waals surface area contributed by atoms with Crippen molar-refractivity contribution in [2.24, 2.45) is 7.05 Å². The molecule has 0 aliphatic carbocycles. The van der Waals surface area contributed by atoms with E-state index in [-0.39, 0.29) is 18.2 Å². The standard InChI is InChI=1S/C15H25N3O3/c1-10-7-12(20-13-9-17(6)16-11(13)2)8-18(10)14(19)21-15(3,4)5/h9-10,12H,7-8H2,1-6H3/t10-,12+/m0/s1. The minimum atomic E-state index is -0.477. The summed E-state index contributed by atoms with van der Waals surface area (Å²) in [6.07, 6.45) is 2.36. The molecule has 0 radical (unpaired) electrons. The van der Waals surface area contributed by atoms with E-state index in [1.165, 1.54) is 0 Å². The molecule has 1 saturated heterocycles. The zero-order chi connectivity index (χ0) is 15.8. The van der Waals surface area contributed by atoms with Gasteiger partial charge >= 0.3 is 6.09 Å². The third kappa shape index (κ3) is 3.89. The molecule has 2 rings (SSSR count). The Hall–Kier alpha value is -1.72. The fourth-order valence-electron chi connectivity index (χ4n) is 2.52. The second-order valence-corrected chi connectivity index (χ2v) is 6.71. The lowest BCUT2D eigenvalue weighted by molar-refractivity contribution is 0.0224. The zero-order valence-electron chi connectivity index (χ0n) is 13.7. The highest BCUT2D eigenvalue weighted by Crippen LogP contribution is 2.26. The third-order valence-corrected chi connectivity index (χ3v) is 3.43. The number of amides is 1. The molecule has 0 saturated carbocycles. The molecule has 1 fully saturated rings. The predicted molar refractivity (Wildman–Crippen MR) is 79.4 cm³/mol. The maximum atomic E-state index is 12.2. The van der Waals surface area contributed by atoms with E-state index in [0.717, 1.165) is 17.9 Å². The molecule has 1 amide bonds. The monoisotopic (exact) mass is 295 g/mol. The summed E-state index contributed by atoms with van der Waals surface area (Å²) in [6, 6.07) is 0.113. The fraction of sp³-hybridized carbons (Fsp3) is 0.733. The molecule has 2 atom stereocenters. The minimum Gasteiger partial charge on any atom is -0.485 e. The number of carbonyl (C=O) groups excluding carboxylic acids is 1. The van der Waals surface area contributed by atoms with Crippen molar-refractivity contribution in [3.63, 3.8) is 0 Å². The average molecular weight is 295 g/mol. The van der Waals surface area contributed by atoms with Crippen LogP contribution in [0.1, 0.15) is 39.8 Å². The van der Waals surface area contributed by atoms with Crippen molar-refractivity contribution in [1.82, 2.24) is 14.7 Å². The van der Waals surface area contributed by atoms with Crippen LogP contribution in [0.3, 0.4) is 0 Å². The van der Waals surface area contributed by atoms with Crippen LogP contribution in [-0.4, -0.2) is 45.1 Å². The topological polar surface area (TPSA) is 56.6 Å². The Morgan fingerprint density at radius 1 is 1.43 bits per heavy atom. The van der Waals surface area contributed by atoms with Crippen LogP contribution in [-0.2, 0) is 11.8 Å². The lowest BCUT2D eigenvalue weighted by atomic mass is 10.2. The summed E-state index contributed by atoms with van der Waals surface area (Å²) in [7, 11) is 1.87. The molecular weight excluding hydrogens is 270 g/mol. The molecular formula is C15H25N3O3. The highest BCUT2D eigenvalue weighted by molar-refractivity contribution is 5.69. The van der Waals surface area contributed by atoms with Gasteiger partial charge in [0.15, 0.2) is 5.75 Å². The molecule has 1 aromatic rings. The number of likely N-dealkylation sites (tertiary alicyclic amines) is 1. The molecule has 0 aromatic carbocycles. The van der Waals surface area contributed by atoms with E-state index in [4.69, 9.17) is 9.47 Å². The number of ether oxygens (including phenoxy) is 2. The number of aromatic nitrogens is 2. The van der Waals surface area contributed by atoms with Crippen LogP contribution in [0, 0.1) is 6.92 Å². The molecule has 2 heterocycles. The van der Waals surface area contributed by atoms with Crippen molar-refractivity contribution < 1.29 is 14.3 Å². The molecule has 21 heavy (non-hydrogen) atoms. The Morgan fingerprint density at radius 2 is 2.10 bits per heavy atom. The molecule has 1 aromatic heterocycles. The lowest BCUT2D eigenvalue weighted by Crippen LogP contribution is -2.39. The summed E-state index contributed by atoms with van der Waals surface area (Å²) >= 11 is 0. The summed E-state index contributed by atoms with van der Waals surface area (Å²) in [5, 5.41) is 4.26. The van der Waals surface area contributed by atoms with Gasteiger partial charge in [0.1, 0.15) is 17.4 Å². The number of rotatable bonds is 2. The SMILES string of the molecule is Cc1nn(C)cc1O[C@@H]1C[C@H](C)N(C(=O)OC(C)(C)C)C1. The number of aryl methyl sites for hydroxylation is 2. The first-order chi connectivity index (χ1) is 9.65. The molecule has 1 aliphatic heterocycles. The van der Waals surface area contributed by atoms with Crippen molar-refractivity contribution in [3.8, 4) is 5.75 Å². The Labute approximate surface area is 126 Å². The summed E-state index contributed by atoms with van der Waals surface area (Å²) < 4.78 is 13.1. The zero-order valence-corrected chi connectivity index (χ0v) is 13.7. The van der Waals surface area contributed by atoms with Gasteiger partial charge in [0, 0.05) is 19.5 Å². The minimum absolute atomic E-state index is 0.0181. The smallest absolute Gasteiger partial charge is 0.410 e. The van der Waals surface area contributed by atoms with Gasteiger partial charge in [-0.05, 0) is 34.6 Å². The highest BCUT2D eigenvalue weighted by atomic mass is 16.6. The first kappa shape index (κ1) is 15.7. The number of carbonyl (C=O) groups is 1. The molecule has 0 unspecified atom stereocenters. The maximum Gasteiger partial charge on any atom is 0.410 e. The molecule has 0 N–H and O–H groups in total. The summed E-state index contributed by atoms with van der Waals surface area (Å²) in [6.45, 7) is 10.1. The largest absolute Gasteiger partial charge is 0.485 e. The molecule has 6 heteroatoms. The van der Waals surface area contributed by atoms with E-state index in [9.17, 15) is 4.79 Å². The first-order valence-electron chi connectivity index (χ1n) is 7.32. The van der Waals surface area contributed by atoms with Gasteiger partial charge in [-0.2, -0.15) is 5.10 Å². The van der Waals surface area contributed by atoms with Gasteiger partial charge in [-0.1, -0.05) is 0 Å².